The van der Waals surface area contributed by atoms with Crippen molar-refractivity contribution in [3.8, 4) is 0 Å². The Bertz CT molecular complexity index is 380. The Labute approximate surface area is 141 Å². The standard InChI is InChI=1S/C19H33NOS/c1-4-6-7-8-9-10-15-20-18(5-2)19(21)16-11-13-17(22-3)14-12-16/h11-14,18-21H,4-10,15H2,1-3H3. The van der Waals surface area contributed by atoms with Gasteiger partial charge < -0.3 is 10.4 Å². The van der Waals surface area contributed by atoms with Crippen molar-refractivity contribution < 1.29 is 5.11 Å². The van der Waals surface area contributed by atoms with E-state index in [0.717, 1.165) is 18.5 Å². The van der Waals surface area contributed by atoms with Gasteiger partial charge in [0.2, 0.25) is 0 Å². The Hall–Kier alpha value is -0.510. The zero-order valence-electron chi connectivity index (χ0n) is 14.5. The second-order valence-corrected chi connectivity index (χ2v) is 6.83. The fraction of sp³-hybridized carbons (Fsp3) is 0.684. The van der Waals surface area contributed by atoms with Crippen LogP contribution < -0.4 is 5.32 Å². The molecule has 0 aliphatic rings. The van der Waals surface area contributed by atoms with Crippen LogP contribution in [0.4, 0.5) is 0 Å². The first-order valence-electron chi connectivity index (χ1n) is 8.78. The van der Waals surface area contributed by atoms with E-state index in [4.69, 9.17) is 0 Å². The summed E-state index contributed by atoms with van der Waals surface area (Å²) < 4.78 is 0. The van der Waals surface area contributed by atoms with E-state index in [0.29, 0.717) is 0 Å². The average molecular weight is 324 g/mol. The van der Waals surface area contributed by atoms with Crippen LogP contribution in [-0.4, -0.2) is 23.9 Å². The smallest absolute Gasteiger partial charge is 0.0942 e. The third kappa shape index (κ3) is 7.17. The van der Waals surface area contributed by atoms with Gasteiger partial charge in [-0.2, -0.15) is 0 Å². The lowest BCUT2D eigenvalue weighted by Crippen LogP contribution is -2.35. The third-order valence-electron chi connectivity index (χ3n) is 4.22. The van der Waals surface area contributed by atoms with Crippen molar-refractivity contribution in [2.45, 2.75) is 75.8 Å². The summed E-state index contributed by atoms with van der Waals surface area (Å²) in [5, 5.41) is 14.1. The maximum Gasteiger partial charge on any atom is 0.0942 e. The monoisotopic (exact) mass is 323 g/mol. The molecule has 3 heteroatoms. The molecule has 0 saturated heterocycles. The highest BCUT2D eigenvalue weighted by Gasteiger charge is 2.18. The van der Waals surface area contributed by atoms with Crippen molar-refractivity contribution in [3.63, 3.8) is 0 Å². The molecule has 1 aromatic carbocycles. The van der Waals surface area contributed by atoms with Crippen molar-refractivity contribution in [2.24, 2.45) is 0 Å². The Morgan fingerprint density at radius 2 is 1.64 bits per heavy atom. The van der Waals surface area contributed by atoms with Gasteiger partial charge in [-0.3, -0.25) is 0 Å². The molecule has 22 heavy (non-hydrogen) atoms. The molecule has 2 nitrogen and oxygen atoms in total. The lowest BCUT2D eigenvalue weighted by Gasteiger charge is -2.23. The van der Waals surface area contributed by atoms with Crippen molar-refractivity contribution >= 4 is 11.8 Å². The molecule has 0 heterocycles. The molecule has 0 spiro atoms. The van der Waals surface area contributed by atoms with Crippen molar-refractivity contribution in [1.29, 1.82) is 0 Å². The van der Waals surface area contributed by atoms with Gasteiger partial charge in [0.25, 0.3) is 0 Å². The zero-order valence-corrected chi connectivity index (χ0v) is 15.3. The molecule has 0 aliphatic carbocycles. The molecule has 0 bridgehead atoms. The number of nitrogens with one attached hydrogen (secondary N) is 1. The summed E-state index contributed by atoms with van der Waals surface area (Å²) in [5.74, 6) is 0. The van der Waals surface area contributed by atoms with E-state index in [-0.39, 0.29) is 6.04 Å². The van der Waals surface area contributed by atoms with E-state index in [1.54, 1.807) is 11.8 Å². The lowest BCUT2D eigenvalue weighted by molar-refractivity contribution is 0.126. The maximum absolute atomic E-state index is 10.5. The molecule has 0 fully saturated rings. The van der Waals surface area contributed by atoms with E-state index in [1.807, 2.05) is 12.1 Å². The summed E-state index contributed by atoms with van der Waals surface area (Å²) in [6, 6.07) is 8.42. The van der Waals surface area contributed by atoms with E-state index in [9.17, 15) is 5.11 Å². The normalized spacial score (nSPS) is 14.0. The summed E-state index contributed by atoms with van der Waals surface area (Å²) in [6.07, 6.45) is 10.5. The summed E-state index contributed by atoms with van der Waals surface area (Å²) in [7, 11) is 0. The van der Waals surface area contributed by atoms with Crippen molar-refractivity contribution in [3.05, 3.63) is 29.8 Å². The van der Waals surface area contributed by atoms with Crippen LogP contribution in [0.1, 0.15) is 70.5 Å². The molecule has 2 unspecified atom stereocenters. The molecule has 1 rings (SSSR count). The fourth-order valence-corrected chi connectivity index (χ4v) is 3.11. The van der Waals surface area contributed by atoms with Gasteiger partial charge in [0.05, 0.1) is 6.10 Å². The number of hydrogen-bond donors (Lipinski definition) is 2. The molecule has 1 aromatic rings. The SMILES string of the molecule is CCCCCCCCNC(CC)C(O)c1ccc(SC)cc1. The largest absolute Gasteiger partial charge is 0.387 e. The zero-order chi connectivity index (χ0) is 16.2. The van der Waals surface area contributed by atoms with Gasteiger partial charge in [-0.25, -0.2) is 0 Å². The maximum atomic E-state index is 10.5. The first kappa shape index (κ1) is 19.5. The Kier molecular flexibility index (Phi) is 10.6. The summed E-state index contributed by atoms with van der Waals surface area (Å²) in [4.78, 5) is 1.24. The Balaban J connectivity index is 2.32. The average Bonchev–Trinajstić information content (AvgIpc) is 2.57. The van der Waals surface area contributed by atoms with Gasteiger partial charge in [0.15, 0.2) is 0 Å². The van der Waals surface area contributed by atoms with Crippen LogP contribution in [0.15, 0.2) is 29.2 Å². The highest BCUT2D eigenvalue weighted by molar-refractivity contribution is 7.98. The first-order valence-corrected chi connectivity index (χ1v) is 10.0. The van der Waals surface area contributed by atoms with Crippen LogP contribution in [0.2, 0.25) is 0 Å². The molecule has 126 valence electrons. The van der Waals surface area contributed by atoms with Gasteiger partial charge >= 0.3 is 0 Å². The number of hydrogen-bond acceptors (Lipinski definition) is 3. The van der Waals surface area contributed by atoms with Gasteiger partial charge in [0.1, 0.15) is 0 Å². The Morgan fingerprint density at radius 3 is 2.23 bits per heavy atom. The fourth-order valence-electron chi connectivity index (χ4n) is 2.71. The lowest BCUT2D eigenvalue weighted by atomic mass is 10.00. The van der Waals surface area contributed by atoms with Crippen LogP contribution >= 0.6 is 11.8 Å². The topological polar surface area (TPSA) is 32.3 Å². The van der Waals surface area contributed by atoms with Gasteiger partial charge in [-0.15, -0.1) is 11.8 Å². The number of aliphatic hydroxyl groups is 1. The van der Waals surface area contributed by atoms with Gasteiger partial charge in [0, 0.05) is 10.9 Å². The number of benzene rings is 1. The minimum Gasteiger partial charge on any atom is -0.387 e. The van der Waals surface area contributed by atoms with Crippen molar-refractivity contribution in [1.82, 2.24) is 5.32 Å². The van der Waals surface area contributed by atoms with Gasteiger partial charge in [-0.05, 0) is 43.3 Å². The highest BCUT2D eigenvalue weighted by Crippen LogP contribution is 2.22. The third-order valence-corrected chi connectivity index (χ3v) is 4.96. The minimum absolute atomic E-state index is 0.149. The highest BCUT2D eigenvalue weighted by atomic mass is 32.2. The molecular formula is C19H33NOS. The number of thioether (sulfide) groups is 1. The molecule has 2 atom stereocenters. The van der Waals surface area contributed by atoms with Crippen LogP contribution in [0.25, 0.3) is 0 Å². The first-order chi connectivity index (χ1) is 10.7. The summed E-state index contributed by atoms with van der Waals surface area (Å²) in [6.45, 7) is 5.39. The summed E-state index contributed by atoms with van der Waals surface area (Å²) in [5.41, 5.74) is 1.01. The van der Waals surface area contributed by atoms with Crippen LogP contribution in [0, 0.1) is 0 Å². The van der Waals surface area contributed by atoms with Crippen molar-refractivity contribution in [2.75, 3.05) is 12.8 Å². The van der Waals surface area contributed by atoms with E-state index < -0.39 is 6.10 Å². The second kappa shape index (κ2) is 12.0. The van der Waals surface area contributed by atoms with Crippen LogP contribution in [0.5, 0.6) is 0 Å². The second-order valence-electron chi connectivity index (χ2n) is 5.95. The summed E-state index contributed by atoms with van der Waals surface area (Å²) >= 11 is 1.73. The number of rotatable bonds is 12. The van der Waals surface area contributed by atoms with E-state index in [1.165, 1.54) is 43.4 Å². The predicted molar refractivity (Wildman–Crippen MR) is 98.6 cm³/mol. The molecule has 2 N–H and O–H groups in total. The Morgan fingerprint density at radius 1 is 1.00 bits per heavy atom. The van der Waals surface area contributed by atoms with E-state index >= 15 is 0 Å². The van der Waals surface area contributed by atoms with Crippen LogP contribution in [0.3, 0.4) is 0 Å². The minimum atomic E-state index is -0.416. The predicted octanol–water partition coefficient (Wildman–Crippen LogP) is 5.17. The molecule has 0 amide bonds. The molecule has 0 radical (unpaired) electrons. The molecular weight excluding hydrogens is 290 g/mol. The quantitative estimate of drug-likeness (QED) is 0.411. The van der Waals surface area contributed by atoms with Gasteiger partial charge in [-0.1, -0.05) is 58.1 Å². The molecule has 0 aliphatic heterocycles. The molecule has 0 saturated carbocycles. The van der Waals surface area contributed by atoms with E-state index in [2.05, 4.69) is 37.6 Å². The van der Waals surface area contributed by atoms with Crippen LogP contribution in [-0.2, 0) is 0 Å². The molecule has 0 aromatic heterocycles. The number of unbranched alkanes of at least 4 members (excludes halogenated alkanes) is 5. The number of aliphatic hydroxyl groups excluding tert-OH is 1.